The van der Waals surface area contributed by atoms with Crippen molar-refractivity contribution in [3.05, 3.63) is 59.7 Å². The molecular weight excluding hydrogens is 274 g/mol. The highest BCUT2D eigenvalue weighted by molar-refractivity contribution is 5.39. The zero-order valence-corrected chi connectivity index (χ0v) is 13.1. The Kier molecular flexibility index (Phi) is 5.85. The number of hydrogen-bond donors (Lipinski definition) is 0. The average Bonchev–Trinajstić information content (AvgIpc) is 2.56. The third kappa shape index (κ3) is 4.26. The maximum Gasteiger partial charge on any atom is 0.161 e. The summed E-state index contributed by atoms with van der Waals surface area (Å²) in [5.74, 6) is 1.40. The first-order valence-electron chi connectivity index (χ1n) is 7.46. The SMILES string of the molecule is COc1ccccc1OCCCC(C#N)c1ccc(C)cc1. The minimum absolute atomic E-state index is 0.0816. The molecule has 0 aliphatic rings. The van der Waals surface area contributed by atoms with Crippen molar-refractivity contribution in [3.63, 3.8) is 0 Å². The fourth-order valence-electron chi connectivity index (χ4n) is 2.31. The summed E-state index contributed by atoms with van der Waals surface area (Å²) in [6, 6.07) is 18.1. The first-order chi connectivity index (χ1) is 10.7. The molecule has 0 aliphatic heterocycles. The summed E-state index contributed by atoms with van der Waals surface area (Å²) in [7, 11) is 1.63. The molecule has 0 fully saturated rings. The standard InChI is InChI=1S/C19H21NO2/c1-15-9-11-16(12-10-15)17(14-20)6-5-13-22-19-8-4-3-7-18(19)21-2/h3-4,7-12,17H,5-6,13H2,1-2H3. The van der Waals surface area contributed by atoms with Gasteiger partial charge in [0.2, 0.25) is 0 Å². The van der Waals surface area contributed by atoms with Gasteiger partial charge in [0, 0.05) is 0 Å². The van der Waals surface area contributed by atoms with E-state index in [1.807, 2.05) is 55.5 Å². The Morgan fingerprint density at radius 2 is 1.73 bits per heavy atom. The second-order valence-electron chi connectivity index (χ2n) is 5.23. The average molecular weight is 295 g/mol. The monoisotopic (exact) mass is 295 g/mol. The van der Waals surface area contributed by atoms with Crippen LogP contribution in [0.4, 0.5) is 0 Å². The van der Waals surface area contributed by atoms with Gasteiger partial charge in [-0.3, -0.25) is 0 Å². The van der Waals surface area contributed by atoms with E-state index in [4.69, 9.17) is 9.47 Å². The van der Waals surface area contributed by atoms with E-state index in [0.717, 1.165) is 29.9 Å². The van der Waals surface area contributed by atoms with E-state index in [1.54, 1.807) is 7.11 Å². The topological polar surface area (TPSA) is 42.2 Å². The summed E-state index contributed by atoms with van der Waals surface area (Å²) in [6.07, 6.45) is 1.61. The van der Waals surface area contributed by atoms with Crippen LogP contribution in [0.5, 0.6) is 11.5 Å². The van der Waals surface area contributed by atoms with Crippen molar-refractivity contribution in [3.8, 4) is 17.6 Å². The zero-order chi connectivity index (χ0) is 15.8. The highest BCUT2D eigenvalue weighted by Gasteiger charge is 2.10. The summed E-state index contributed by atoms with van der Waals surface area (Å²) in [6.45, 7) is 2.62. The zero-order valence-electron chi connectivity index (χ0n) is 13.1. The minimum atomic E-state index is -0.0816. The van der Waals surface area contributed by atoms with Crippen LogP contribution in [0.3, 0.4) is 0 Å². The van der Waals surface area contributed by atoms with Crippen molar-refractivity contribution in [1.29, 1.82) is 5.26 Å². The largest absolute Gasteiger partial charge is 0.493 e. The van der Waals surface area contributed by atoms with Crippen LogP contribution in [0.15, 0.2) is 48.5 Å². The first-order valence-corrected chi connectivity index (χ1v) is 7.46. The fraction of sp³-hybridized carbons (Fsp3) is 0.316. The molecule has 1 unspecified atom stereocenters. The van der Waals surface area contributed by atoms with Crippen molar-refractivity contribution in [1.82, 2.24) is 0 Å². The molecule has 0 spiro atoms. The highest BCUT2D eigenvalue weighted by Crippen LogP contribution is 2.26. The van der Waals surface area contributed by atoms with Gasteiger partial charge in [0.15, 0.2) is 11.5 Å². The molecule has 0 aliphatic carbocycles. The quantitative estimate of drug-likeness (QED) is 0.708. The molecule has 0 aromatic heterocycles. The number of benzene rings is 2. The third-order valence-corrected chi connectivity index (χ3v) is 3.60. The molecular formula is C19H21NO2. The van der Waals surface area contributed by atoms with Crippen LogP contribution >= 0.6 is 0 Å². The van der Waals surface area contributed by atoms with E-state index in [9.17, 15) is 5.26 Å². The summed E-state index contributed by atoms with van der Waals surface area (Å²) in [4.78, 5) is 0. The molecule has 2 aromatic carbocycles. The van der Waals surface area contributed by atoms with Crippen LogP contribution in [0, 0.1) is 18.3 Å². The summed E-state index contributed by atoms with van der Waals surface area (Å²) >= 11 is 0. The van der Waals surface area contributed by atoms with Gasteiger partial charge in [0.25, 0.3) is 0 Å². The van der Waals surface area contributed by atoms with Crippen molar-refractivity contribution >= 4 is 0 Å². The van der Waals surface area contributed by atoms with Crippen LogP contribution in [0.2, 0.25) is 0 Å². The first kappa shape index (κ1) is 15.9. The maximum absolute atomic E-state index is 9.34. The molecule has 114 valence electrons. The van der Waals surface area contributed by atoms with E-state index >= 15 is 0 Å². The van der Waals surface area contributed by atoms with Crippen molar-refractivity contribution in [2.45, 2.75) is 25.7 Å². The second-order valence-corrected chi connectivity index (χ2v) is 5.23. The normalized spacial score (nSPS) is 11.5. The fourth-order valence-corrected chi connectivity index (χ4v) is 2.31. The molecule has 0 heterocycles. The van der Waals surface area contributed by atoms with Crippen molar-refractivity contribution in [2.24, 2.45) is 0 Å². The lowest BCUT2D eigenvalue weighted by atomic mass is 9.95. The Hall–Kier alpha value is -2.47. The van der Waals surface area contributed by atoms with E-state index < -0.39 is 0 Å². The van der Waals surface area contributed by atoms with E-state index in [-0.39, 0.29) is 5.92 Å². The van der Waals surface area contributed by atoms with Gasteiger partial charge >= 0.3 is 0 Å². The van der Waals surface area contributed by atoms with Gasteiger partial charge in [-0.1, -0.05) is 42.0 Å². The molecule has 1 atom stereocenters. The van der Waals surface area contributed by atoms with Crippen LogP contribution in [-0.2, 0) is 0 Å². The Morgan fingerprint density at radius 3 is 2.36 bits per heavy atom. The number of hydrogen-bond acceptors (Lipinski definition) is 3. The van der Waals surface area contributed by atoms with Gasteiger partial charge in [-0.15, -0.1) is 0 Å². The van der Waals surface area contributed by atoms with Crippen LogP contribution < -0.4 is 9.47 Å². The van der Waals surface area contributed by atoms with Gasteiger partial charge in [0.1, 0.15) is 0 Å². The van der Waals surface area contributed by atoms with E-state index in [2.05, 4.69) is 6.07 Å². The number of para-hydroxylation sites is 2. The third-order valence-electron chi connectivity index (χ3n) is 3.60. The number of aryl methyl sites for hydroxylation is 1. The highest BCUT2D eigenvalue weighted by atomic mass is 16.5. The molecule has 3 heteroatoms. The summed E-state index contributed by atoms with van der Waals surface area (Å²) in [5, 5.41) is 9.34. The van der Waals surface area contributed by atoms with Crippen LogP contribution in [-0.4, -0.2) is 13.7 Å². The van der Waals surface area contributed by atoms with E-state index in [1.165, 1.54) is 5.56 Å². The lowest BCUT2D eigenvalue weighted by molar-refractivity contribution is 0.285. The number of methoxy groups -OCH3 is 1. The lowest BCUT2D eigenvalue weighted by Gasteiger charge is -2.12. The van der Waals surface area contributed by atoms with Crippen LogP contribution in [0.1, 0.15) is 29.9 Å². The number of nitriles is 1. The Labute approximate surface area is 132 Å². The molecule has 0 radical (unpaired) electrons. The molecule has 0 saturated heterocycles. The second kappa shape index (κ2) is 8.09. The Bertz CT molecular complexity index is 629. The minimum Gasteiger partial charge on any atom is -0.493 e. The molecule has 0 N–H and O–H groups in total. The van der Waals surface area contributed by atoms with Gasteiger partial charge in [0.05, 0.1) is 25.7 Å². The molecule has 22 heavy (non-hydrogen) atoms. The van der Waals surface area contributed by atoms with Gasteiger partial charge in [-0.05, 0) is 37.5 Å². The van der Waals surface area contributed by atoms with Gasteiger partial charge in [-0.2, -0.15) is 5.26 Å². The molecule has 3 nitrogen and oxygen atoms in total. The van der Waals surface area contributed by atoms with E-state index in [0.29, 0.717) is 6.61 Å². The summed E-state index contributed by atoms with van der Waals surface area (Å²) in [5.41, 5.74) is 2.28. The van der Waals surface area contributed by atoms with Crippen molar-refractivity contribution in [2.75, 3.05) is 13.7 Å². The number of nitrogens with zero attached hydrogens (tertiary/aromatic N) is 1. The summed E-state index contributed by atoms with van der Waals surface area (Å²) < 4.78 is 11.0. The molecule has 2 aromatic rings. The number of rotatable bonds is 7. The lowest BCUT2D eigenvalue weighted by Crippen LogP contribution is -2.03. The predicted octanol–water partition coefficient (Wildman–Crippen LogP) is 4.47. The molecule has 2 rings (SSSR count). The van der Waals surface area contributed by atoms with Crippen molar-refractivity contribution < 1.29 is 9.47 Å². The Balaban J connectivity index is 1.84. The smallest absolute Gasteiger partial charge is 0.161 e. The predicted molar refractivity (Wildman–Crippen MR) is 87.3 cm³/mol. The Morgan fingerprint density at radius 1 is 1.05 bits per heavy atom. The number of ether oxygens (including phenoxy) is 2. The molecule has 0 amide bonds. The van der Waals surface area contributed by atoms with Gasteiger partial charge < -0.3 is 9.47 Å². The molecule has 0 bridgehead atoms. The van der Waals surface area contributed by atoms with Crippen LogP contribution in [0.25, 0.3) is 0 Å². The molecule has 0 saturated carbocycles. The maximum atomic E-state index is 9.34. The van der Waals surface area contributed by atoms with Gasteiger partial charge in [-0.25, -0.2) is 0 Å².